The summed E-state index contributed by atoms with van der Waals surface area (Å²) in [7, 11) is 0. The first-order valence-corrected chi connectivity index (χ1v) is 9.17. The van der Waals surface area contributed by atoms with Gasteiger partial charge in [0.25, 0.3) is 0 Å². The Kier molecular flexibility index (Phi) is 10.5. The highest BCUT2D eigenvalue weighted by atomic mass is 19.4. The first-order chi connectivity index (χ1) is 16.0. The van der Waals surface area contributed by atoms with Gasteiger partial charge in [0.05, 0.1) is 26.1 Å². The van der Waals surface area contributed by atoms with Crippen molar-refractivity contribution >= 4 is 11.9 Å². The van der Waals surface area contributed by atoms with Gasteiger partial charge in [-0.3, -0.25) is 0 Å². The first kappa shape index (κ1) is 33.5. The van der Waals surface area contributed by atoms with Crippen LogP contribution in [0, 0.1) is 0 Å². The van der Waals surface area contributed by atoms with Crippen molar-refractivity contribution < 1.29 is 82.0 Å². The van der Waals surface area contributed by atoms with Crippen LogP contribution in [0.1, 0.15) is 12.8 Å². The minimum atomic E-state index is -7.91. The largest absolute Gasteiger partial charge is 0.457 e. The van der Waals surface area contributed by atoms with Crippen LogP contribution in [0.15, 0.2) is 25.3 Å². The number of aliphatic hydroxyl groups excluding tert-OH is 2. The van der Waals surface area contributed by atoms with Crippen LogP contribution in [-0.4, -0.2) is 83.1 Å². The minimum Gasteiger partial charge on any atom is -0.457 e. The smallest absolute Gasteiger partial charge is 0.384 e. The molecule has 0 radical (unpaired) electrons. The Morgan fingerprint density at radius 2 is 0.861 bits per heavy atom. The van der Waals surface area contributed by atoms with E-state index in [1.54, 1.807) is 0 Å². The number of carbonyl (C=O) groups excluding carboxylic acids is 2. The van der Waals surface area contributed by atoms with Crippen LogP contribution in [0.5, 0.6) is 0 Å². The Morgan fingerprint density at radius 3 is 1.06 bits per heavy atom. The summed E-state index contributed by atoms with van der Waals surface area (Å²) >= 11 is 0. The van der Waals surface area contributed by atoms with E-state index < -0.39 is 85.7 Å². The van der Waals surface area contributed by atoms with Gasteiger partial charge in [-0.2, -0.15) is 52.7 Å². The van der Waals surface area contributed by atoms with Crippen molar-refractivity contribution in [2.24, 2.45) is 0 Å². The number of carbonyl (C=O) groups is 2. The van der Waals surface area contributed by atoms with E-state index in [2.05, 4.69) is 22.6 Å². The van der Waals surface area contributed by atoms with Crippen molar-refractivity contribution in [3.63, 3.8) is 0 Å². The third-order valence-electron chi connectivity index (χ3n) is 4.38. The van der Waals surface area contributed by atoms with E-state index >= 15 is 0 Å². The molecule has 0 aliphatic carbocycles. The summed E-state index contributed by atoms with van der Waals surface area (Å²) in [4.78, 5) is 21.8. The molecule has 2 N–H and O–H groups in total. The highest BCUT2D eigenvalue weighted by molar-refractivity contribution is 5.81. The molecule has 0 saturated heterocycles. The fourth-order valence-electron chi connectivity index (χ4n) is 2.39. The van der Waals surface area contributed by atoms with Crippen LogP contribution in [0.2, 0.25) is 0 Å². The maximum Gasteiger partial charge on any atom is 0.384 e. The molecule has 2 atom stereocenters. The fourth-order valence-corrected chi connectivity index (χ4v) is 2.39. The standard InChI is InChI=1S/C18H18F12O6/c1-3-11(33)35-9(7-31)5-13(19,20)15(23,24)17(27,28)18(29,30)16(25,26)14(21,22)6-10(8-32)36-12(34)4-2/h3-4,9-10,31-32H,1-2,5-8H2. The molecule has 0 heterocycles. The Hall–Kier alpha value is -2.50. The third kappa shape index (κ3) is 6.24. The summed E-state index contributed by atoms with van der Waals surface area (Å²) in [5, 5.41) is 17.6. The molecular formula is C18H18F12O6. The molecule has 0 spiro atoms. The van der Waals surface area contributed by atoms with Gasteiger partial charge >= 0.3 is 47.5 Å². The van der Waals surface area contributed by atoms with Crippen LogP contribution >= 0.6 is 0 Å². The molecule has 0 aliphatic heterocycles. The number of halogens is 12. The molecule has 0 rings (SSSR count). The number of esters is 2. The number of hydrogen-bond acceptors (Lipinski definition) is 6. The summed E-state index contributed by atoms with van der Waals surface area (Å²) < 4.78 is 175. The van der Waals surface area contributed by atoms with Gasteiger partial charge in [-0.05, 0) is 0 Å². The van der Waals surface area contributed by atoms with Gasteiger partial charge in [-0.15, -0.1) is 0 Å². The molecule has 0 aliphatic rings. The Bertz CT molecular complexity index is 748. The molecule has 36 heavy (non-hydrogen) atoms. The number of alkyl halides is 12. The van der Waals surface area contributed by atoms with E-state index in [0.717, 1.165) is 0 Å². The normalized spacial score (nSPS) is 15.6. The van der Waals surface area contributed by atoms with Gasteiger partial charge in [0.15, 0.2) is 0 Å². The van der Waals surface area contributed by atoms with E-state index in [0.29, 0.717) is 0 Å². The molecule has 210 valence electrons. The predicted molar refractivity (Wildman–Crippen MR) is 93.2 cm³/mol. The molecule has 6 nitrogen and oxygen atoms in total. The van der Waals surface area contributed by atoms with E-state index in [4.69, 9.17) is 10.2 Å². The van der Waals surface area contributed by atoms with Crippen LogP contribution in [0.25, 0.3) is 0 Å². The molecule has 18 heteroatoms. The molecule has 2 unspecified atom stereocenters. The van der Waals surface area contributed by atoms with E-state index in [9.17, 15) is 62.3 Å². The third-order valence-corrected chi connectivity index (χ3v) is 4.38. The summed E-state index contributed by atoms with van der Waals surface area (Å²) in [6.45, 7) is 1.96. The highest BCUT2D eigenvalue weighted by Crippen LogP contribution is 2.61. The van der Waals surface area contributed by atoms with Gasteiger partial charge < -0.3 is 19.7 Å². The predicted octanol–water partition coefficient (Wildman–Crippen LogP) is 3.76. The van der Waals surface area contributed by atoms with Crippen molar-refractivity contribution in [2.75, 3.05) is 13.2 Å². The zero-order valence-electron chi connectivity index (χ0n) is 17.6. The lowest BCUT2D eigenvalue weighted by molar-refractivity contribution is -0.427. The van der Waals surface area contributed by atoms with Crippen LogP contribution < -0.4 is 0 Å². The summed E-state index contributed by atoms with van der Waals surface area (Å²) in [5.41, 5.74) is 0. The number of rotatable bonds is 15. The van der Waals surface area contributed by atoms with Crippen molar-refractivity contribution in [3.8, 4) is 0 Å². The highest BCUT2D eigenvalue weighted by Gasteiger charge is 2.89. The number of ether oxygens (including phenoxy) is 2. The monoisotopic (exact) mass is 558 g/mol. The second-order valence-corrected chi connectivity index (χ2v) is 7.01. The van der Waals surface area contributed by atoms with Crippen LogP contribution in [0.3, 0.4) is 0 Å². The van der Waals surface area contributed by atoms with E-state index in [-0.39, 0.29) is 12.2 Å². The van der Waals surface area contributed by atoms with Gasteiger partial charge in [-0.1, -0.05) is 13.2 Å². The molecule has 0 amide bonds. The fraction of sp³-hybridized carbons (Fsp3) is 0.667. The Balaban J connectivity index is 6.30. The van der Waals surface area contributed by atoms with Gasteiger partial charge in [-0.25, -0.2) is 9.59 Å². The Morgan fingerprint density at radius 1 is 0.611 bits per heavy atom. The number of hydrogen-bond donors (Lipinski definition) is 2. The quantitative estimate of drug-likeness (QED) is 0.181. The van der Waals surface area contributed by atoms with Crippen LogP contribution in [0.4, 0.5) is 52.7 Å². The van der Waals surface area contributed by atoms with Crippen molar-refractivity contribution in [3.05, 3.63) is 25.3 Å². The minimum absolute atomic E-state index is 0.232. The summed E-state index contributed by atoms with van der Waals surface area (Å²) in [6, 6.07) is 0. The first-order valence-electron chi connectivity index (χ1n) is 9.17. The molecular weight excluding hydrogens is 540 g/mol. The molecule has 0 fully saturated rings. The second kappa shape index (κ2) is 11.3. The zero-order chi connectivity index (χ0) is 29.0. The lowest BCUT2D eigenvalue weighted by atomic mass is 9.88. The molecule has 0 saturated carbocycles. The maximum absolute atomic E-state index is 13.9. The van der Waals surface area contributed by atoms with Crippen molar-refractivity contribution in [2.45, 2.75) is 60.6 Å². The molecule has 0 aromatic rings. The van der Waals surface area contributed by atoms with Crippen molar-refractivity contribution in [1.82, 2.24) is 0 Å². The molecule has 0 aromatic heterocycles. The van der Waals surface area contributed by atoms with E-state index in [1.165, 1.54) is 0 Å². The summed E-state index contributed by atoms with van der Waals surface area (Å²) in [6.07, 6.45) is -10.8. The SMILES string of the molecule is C=CC(=O)OC(CO)CC(F)(F)C(F)(F)C(F)(F)C(F)(F)C(F)(F)C(F)(F)CC(CO)OC(=O)C=C. The lowest BCUT2D eigenvalue weighted by Crippen LogP contribution is -2.71. The zero-order valence-corrected chi connectivity index (χ0v) is 17.6. The lowest BCUT2D eigenvalue weighted by Gasteiger charge is -2.42. The Labute approximate surface area is 194 Å². The maximum atomic E-state index is 13.9. The second-order valence-electron chi connectivity index (χ2n) is 7.01. The van der Waals surface area contributed by atoms with Gasteiger partial charge in [0, 0.05) is 12.2 Å². The topological polar surface area (TPSA) is 93.1 Å². The molecule has 0 aromatic carbocycles. The van der Waals surface area contributed by atoms with E-state index in [1.807, 2.05) is 0 Å². The average Bonchev–Trinajstić information content (AvgIpc) is 2.76. The number of aliphatic hydroxyl groups is 2. The summed E-state index contributed by atoms with van der Waals surface area (Å²) in [5.74, 6) is -47.1. The van der Waals surface area contributed by atoms with Crippen LogP contribution in [-0.2, 0) is 19.1 Å². The molecule has 0 bridgehead atoms. The average molecular weight is 558 g/mol. The van der Waals surface area contributed by atoms with Crippen molar-refractivity contribution in [1.29, 1.82) is 0 Å². The van der Waals surface area contributed by atoms with Gasteiger partial charge in [0.1, 0.15) is 12.2 Å². The van der Waals surface area contributed by atoms with Gasteiger partial charge in [0.2, 0.25) is 0 Å².